The van der Waals surface area contributed by atoms with Crippen molar-refractivity contribution in [2.45, 2.75) is 0 Å². The summed E-state index contributed by atoms with van der Waals surface area (Å²) in [6, 6.07) is 7.23. The van der Waals surface area contributed by atoms with Crippen molar-refractivity contribution in [3.05, 3.63) is 24.3 Å². The minimum Gasteiger partial charge on any atom is -0.497 e. The summed E-state index contributed by atoms with van der Waals surface area (Å²) < 4.78 is 15.6. The highest BCUT2D eigenvalue weighted by atomic mass is 16.5. The Balaban J connectivity index is 1.91. The van der Waals surface area contributed by atoms with Crippen molar-refractivity contribution in [2.24, 2.45) is 0 Å². The molecule has 120 valence electrons. The number of hydrogen-bond donors (Lipinski definition) is 3. The molecule has 0 amide bonds. The SMILES string of the molecule is COc1ccc(-c2noc(-c3c(OCCO)n[nH]c3N)n2)cc1. The molecule has 9 heteroatoms. The number of methoxy groups -OCH3 is 1. The Bertz CT molecular complexity index is 781. The Kier molecular flexibility index (Phi) is 4.11. The monoisotopic (exact) mass is 317 g/mol. The molecule has 0 saturated heterocycles. The molecule has 0 aliphatic rings. The molecule has 0 radical (unpaired) electrons. The van der Waals surface area contributed by atoms with Crippen LogP contribution in [0.3, 0.4) is 0 Å². The van der Waals surface area contributed by atoms with Gasteiger partial charge >= 0.3 is 0 Å². The molecule has 2 heterocycles. The highest BCUT2D eigenvalue weighted by molar-refractivity contribution is 5.73. The Morgan fingerprint density at radius 1 is 1.30 bits per heavy atom. The van der Waals surface area contributed by atoms with Crippen molar-refractivity contribution in [1.29, 1.82) is 0 Å². The van der Waals surface area contributed by atoms with Gasteiger partial charge in [-0.1, -0.05) is 5.16 Å². The zero-order valence-electron chi connectivity index (χ0n) is 12.3. The number of nitrogens with two attached hydrogens (primary N) is 1. The molecule has 0 aliphatic carbocycles. The second-order valence-corrected chi connectivity index (χ2v) is 4.54. The molecule has 1 aromatic carbocycles. The number of ether oxygens (including phenoxy) is 2. The van der Waals surface area contributed by atoms with E-state index in [2.05, 4.69) is 20.3 Å². The van der Waals surface area contributed by atoms with Gasteiger partial charge in [0.2, 0.25) is 11.7 Å². The van der Waals surface area contributed by atoms with Gasteiger partial charge in [-0.15, -0.1) is 5.10 Å². The number of anilines is 1. The summed E-state index contributed by atoms with van der Waals surface area (Å²) in [5, 5.41) is 19.3. The van der Waals surface area contributed by atoms with Crippen LogP contribution >= 0.6 is 0 Å². The van der Waals surface area contributed by atoms with Crippen LogP contribution < -0.4 is 15.2 Å². The number of nitrogens with one attached hydrogen (secondary N) is 1. The van der Waals surface area contributed by atoms with Gasteiger partial charge in [0.1, 0.15) is 23.7 Å². The van der Waals surface area contributed by atoms with Crippen LogP contribution in [0.15, 0.2) is 28.8 Å². The first-order valence-electron chi connectivity index (χ1n) is 6.79. The minimum atomic E-state index is -0.146. The molecule has 0 saturated carbocycles. The molecule has 0 unspecified atom stereocenters. The van der Waals surface area contributed by atoms with Crippen LogP contribution in [0.5, 0.6) is 11.6 Å². The maximum atomic E-state index is 8.84. The number of aromatic nitrogens is 4. The number of benzene rings is 1. The van der Waals surface area contributed by atoms with E-state index in [0.717, 1.165) is 11.3 Å². The van der Waals surface area contributed by atoms with Gasteiger partial charge in [0.25, 0.3) is 5.89 Å². The lowest BCUT2D eigenvalue weighted by molar-refractivity contribution is 0.197. The maximum Gasteiger partial charge on any atom is 0.267 e. The molecule has 0 bridgehead atoms. The number of aromatic amines is 1. The van der Waals surface area contributed by atoms with Crippen molar-refractivity contribution < 1.29 is 19.1 Å². The van der Waals surface area contributed by atoms with Gasteiger partial charge < -0.3 is 24.8 Å². The second kappa shape index (κ2) is 6.36. The van der Waals surface area contributed by atoms with E-state index in [0.29, 0.717) is 11.4 Å². The fraction of sp³-hybridized carbons (Fsp3) is 0.214. The lowest BCUT2D eigenvalue weighted by Gasteiger charge is -2.00. The van der Waals surface area contributed by atoms with Crippen molar-refractivity contribution in [3.63, 3.8) is 0 Å². The fourth-order valence-corrected chi connectivity index (χ4v) is 1.97. The van der Waals surface area contributed by atoms with Crippen LogP contribution in [0.25, 0.3) is 22.8 Å². The minimum absolute atomic E-state index is 0.0801. The Morgan fingerprint density at radius 3 is 2.78 bits per heavy atom. The third kappa shape index (κ3) is 2.94. The first-order chi connectivity index (χ1) is 11.2. The summed E-state index contributed by atoms with van der Waals surface area (Å²) in [5.74, 6) is 1.74. The molecule has 23 heavy (non-hydrogen) atoms. The van der Waals surface area contributed by atoms with Crippen LogP contribution in [-0.4, -0.2) is 45.8 Å². The number of H-pyrrole nitrogens is 1. The predicted molar refractivity (Wildman–Crippen MR) is 80.9 cm³/mol. The highest BCUT2D eigenvalue weighted by Gasteiger charge is 2.21. The number of nitrogen functional groups attached to an aromatic ring is 1. The van der Waals surface area contributed by atoms with Crippen LogP contribution in [0, 0.1) is 0 Å². The van der Waals surface area contributed by atoms with Crippen molar-refractivity contribution in [1.82, 2.24) is 20.3 Å². The van der Waals surface area contributed by atoms with Crippen molar-refractivity contribution in [2.75, 3.05) is 26.1 Å². The number of aliphatic hydroxyl groups excluding tert-OH is 1. The molecule has 0 spiro atoms. The average Bonchev–Trinajstić information content (AvgIpc) is 3.19. The van der Waals surface area contributed by atoms with Gasteiger partial charge in [0.05, 0.1) is 13.7 Å². The Morgan fingerprint density at radius 2 is 2.09 bits per heavy atom. The van der Waals surface area contributed by atoms with Crippen molar-refractivity contribution >= 4 is 5.82 Å². The number of aliphatic hydroxyl groups is 1. The van der Waals surface area contributed by atoms with Gasteiger partial charge in [-0.25, -0.2) is 0 Å². The predicted octanol–water partition coefficient (Wildman–Crippen LogP) is 1.09. The Labute approximate surface area is 131 Å². The summed E-state index contributed by atoms with van der Waals surface area (Å²) in [7, 11) is 1.59. The molecule has 9 nitrogen and oxygen atoms in total. The number of nitrogens with zero attached hydrogens (tertiary/aromatic N) is 3. The molecule has 2 aromatic heterocycles. The highest BCUT2D eigenvalue weighted by Crippen LogP contribution is 2.33. The van der Waals surface area contributed by atoms with Gasteiger partial charge in [0.15, 0.2) is 0 Å². The topological polar surface area (TPSA) is 132 Å². The summed E-state index contributed by atoms with van der Waals surface area (Å²) >= 11 is 0. The average molecular weight is 317 g/mol. The molecule has 0 atom stereocenters. The summed E-state index contributed by atoms with van der Waals surface area (Å²) in [6.07, 6.45) is 0. The van der Waals surface area contributed by atoms with Gasteiger partial charge in [-0.05, 0) is 24.3 Å². The van der Waals surface area contributed by atoms with E-state index in [4.69, 9.17) is 24.8 Å². The standard InChI is InChI=1S/C14H15N5O4/c1-21-9-4-2-8(3-5-9)12-16-13(23-19-12)10-11(15)17-18-14(10)22-7-6-20/h2-5,20H,6-7H2,1H3,(H3,15,17,18). The molecular formula is C14H15N5O4. The molecule has 0 fully saturated rings. The molecule has 0 aliphatic heterocycles. The number of hydrogen-bond acceptors (Lipinski definition) is 8. The fourth-order valence-electron chi connectivity index (χ4n) is 1.97. The maximum absolute atomic E-state index is 8.84. The van der Waals surface area contributed by atoms with Crippen LogP contribution in [0.4, 0.5) is 5.82 Å². The lowest BCUT2D eigenvalue weighted by Crippen LogP contribution is -2.02. The Hall–Kier alpha value is -3.07. The summed E-state index contributed by atoms with van der Waals surface area (Å²) in [4.78, 5) is 4.31. The first-order valence-corrected chi connectivity index (χ1v) is 6.79. The van der Waals surface area contributed by atoms with Gasteiger partial charge in [-0.2, -0.15) is 4.98 Å². The molecule has 3 rings (SSSR count). The van der Waals surface area contributed by atoms with Gasteiger partial charge in [-0.3, -0.25) is 5.10 Å². The van der Waals surface area contributed by atoms with Crippen molar-refractivity contribution in [3.8, 4) is 34.5 Å². The van der Waals surface area contributed by atoms with E-state index in [1.165, 1.54) is 0 Å². The zero-order chi connectivity index (χ0) is 16.2. The second-order valence-electron chi connectivity index (χ2n) is 4.54. The zero-order valence-corrected chi connectivity index (χ0v) is 12.3. The third-order valence-corrected chi connectivity index (χ3v) is 3.08. The van der Waals surface area contributed by atoms with Crippen LogP contribution in [0.1, 0.15) is 0 Å². The van der Waals surface area contributed by atoms with E-state index >= 15 is 0 Å². The lowest BCUT2D eigenvalue weighted by atomic mass is 10.2. The normalized spacial score (nSPS) is 10.7. The van der Waals surface area contributed by atoms with E-state index in [1.54, 1.807) is 19.2 Å². The number of rotatable bonds is 6. The summed E-state index contributed by atoms with van der Waals surface area (Å²) in [6.45, 7) is -0.0656. The van der Waals surface area contributed by atoms with E-state index < -0.39 is 0 Å². The quantitative estimate of drug-likeness (QED) is 0.615. The summed E-state index contributed by atoms with van der Waals surface area (Å²) in [5.41, 5.74) is 6.96. The van der Waals surface area contributed by atoms with Crippen LogP contribution in [0.2, 0.25) is 0 Å². The largest absolute Gasteiger partial charge is 0.497 e. The first kappa shape index (κ1) is 14.9. The van der Waals surface area contributed by atoms with E-state index in [1.807, 2.05) is 12.1 Å². The van der Waals surface area contributed by atoms with E-state index in [-0.39, 0.29) is 30.8 Å². The van der Waals surface area contributed by atoms with Gasteiger partial charge in [0, 0.05) is 5.56 Å². The van der Waals surface area contributed by atoms with Crippen LogP contribution in [-0.2, 0) is 0 Å². The third-order valence-electron chi connectivity index (χ3n) is 3.08. The van der Waals surface area contributed by atoms with E-state index in [9.17, 15) is 0 Å². The smallest absolute Gasteiger partial charge is 0.267 e. The molecule has 3 aromatic rings. The molecule has 4 N–H and O–H groups in total. The molecular weight excluding hydrogens is 302 g/mol.